The van der Waals surface area contributed by atoms with E-state index in [1.54, 1.807) is 0 Å². The minimum Gasteiger partial charge on any atom is -0.276 e. The average molecular weight is 293 g/mol. The molecule has 22 heavy (non-hydrogen) atoms. The minimum absolute atomic E-state index is 0.0364. The van der Waals surface area contributed by atoms with Crippen LogP contribution in [-0.2, 0) is 5.41 Å². The van der Waals surface area contributed by atoms with Crippen LogP contribution in [0.2, 0.25) is 0 Å². The lowest BCUT2D eigenvalue weighted by atomic mass is 9.92. The van der Waals surface area contributed by atoms with Crippen molar-refractivity contribution in [1.29, 1.82) is 0 Å². The summed E-state index contributed by atoms with van der Waals surface area (Å²) >= 11 is 0. The van der Waals surface area contributed by atoms with Gasteiger partial charge >= 0.3 is 0 Å². The van der Waals surface area contributed by atoms with E-state index in [0.717, 1.165) is 17.1 Å². The Hall–Kier alpha value is -2.16. The van der Waals surface area contributed by atoms with Gasteiger partial charge in [0.05, 0.1) is 17.1 Å². The summed E-state index contributed by atoms with van der Waals surface area (Å²) in [6.45, 7) is 10.9. The minimum atomic E-state index is 0.0364. The molecule has 2 aromatic heterocycles. The zero-order valence-corrected chi connectivity index (χ0v) is 13.9. The molecule has 0 aliphatic carbocycles. The Morgan fingerprint density at radius 2 is 1.86 bits per heavy atom. The first kappa shape index (κ1) is 14.8. The molecule has 0 amide bonds. The van der Waals surface area contributed by atoms with Crippen LogP contribution in [-0.4, -0.2) is 15.2 Å². The van der Waals surface area contributed by atoms with Crippen molar-refractivity contribution in [1.82, 2.24) is 15.2 Å². The van der Waals surface area contributed by atoms with Gasteiger partial charge in [0.1, 0.15) is 0 Å². The SMILES string of the molecule is CC(C)c1cccc2cnc(-c3cc(C(C)(C)C)n[nH]3)cc12. The molecule has 3 rings (SSSR count). The second-order valence-corrected chi connectivity index (χ2v) is 7.21. The maximum Gasteiger partial charge on any atom is 0.0886 e. The van der Waals surface area contributed by atoms with Gasteiger partial charge < -0.3 is 0 Å². The lowest BCUT2D eigenvalue weighted by molar-refractivity contribution is 0.567. The third-order valence-corrected chi connectivity index (χ3v) is 4.04. The van der Waals surface area contributed by atoms with E-state index in [9.17, 15) is 0 Å². The molecule has 0 saturated heterocycles. The highest BCUT2D eigenvalue weighted by Gasteiger charge is 2.18. The van der Waals surface area contributed by atoms with Gasteiger partial charge in [0.2, 0.25) is 0 Å². The third kappa shape index (κ3) is 2.63. The van der Waals surface area contributed by atoms with Crippen LogP contribution in [0.1, 0.15) is 51.8 Å². The number of rotatable bonds is 2. The number of nitrogens with one attached hydrogen (secondary N) is 1. The molecule has 0 radical (unpaired) electrons. The molecule has 0 spiro atoms. The first-order chi connectivity index (χ1) is 10.4. The molecule has 0 aliphatic heterocycles. The van der Waals surface area contributed by atoms with E-state index >= 15 is 0 Å². The van der Waals surface area contributed by atoms with Crippen LogP contribution in [0.5, 0.6) is 0 Å². The first-order valence-electron chi connectivity index (χ1n) is 7.81. The lowest BCUT2D eigenvalue weighted by Gasteiger charge is -2.13. The Morgan fingerprint density at radius 1 is 1.09 bits per heavy atom. The summed E-state index contributed by atoms with van der Waals surface area (Å²) in [5.74, 6) is 0.492. The molecule has 0 fully saturated rings. The number of hydrogen-bond acceptors (Lipinski definition) is 2. The van der Waals surface area contributed by atoms with Crippen molar-refractivity contribution < 1.29 is 0 Å². The largest absolute Gasteiger partial charge is 0.276 e. The Morgan fingerprint density at radius 3 is 2.50 bits per heavy atom. The normalized spacial score (nSPS) is 12.3. The maximum atomic E-state index is 4.60. The number of aromatic nitrogens is 3. The summed E-state index contributed by atoms with van der Waals surface area (Å²) in [4.78, 5) is 4.60. The highest BCUT2D eigenvalue weighted by atomic mass is 15.1. The number of nitrogens with zero attached hydrogens (tertiary/aromatic N) is 2. The van der Waals surface area contributed by atoms with Gasteiger partial charge in [0.15, 0.2) is 0 Å². The lowest BCUT2D eigenvalue weighted by Crippen LogP contribution is -2.11. The summed E-state index contributed by atoms with van der Waals surface area (Å²) in [5, 5.41) is 10.0. The molecule has 0 unspecified atom stereocenters. The Balaban J connectivity index is 2.12. The van der Waals surface area contributed by atoms with Gasteiger partial charge in [-0.3, -0.25) is 10.1 Å². The number of H-pyrrole nitrogens is 1. The molecule has 0 atom stereocenters. The van der Waals surface area contributed by atoms with Crippen molar-refractivity contribution in [2.45, 2.75) is 46.0 Å². The van der Waals surface area contributed by atoms with Crippen molar-refractivity contribution in [3.63, 3.8) is 0 Å². The van der Waals surface area contributed by atoms with Crippen molar-refractivity contribution in [3.8, 4) is 11.4 Å². The standard InChI is InChI=1S/C19H23N3/c1-12(2)14-8-6-7-13-11-20-16(9-15(13)14)17-10-18(22-21-17)19(3,4)5/h6-12H,1-5H3,(H,21,22). The van der Waals surface area contributed by atoms with E-state index in [1.165, 1.54) is 16.3 Å². The predicted molar refractivity (Wildman–Crippen MR) is 92.1 cm³/mol. The topological polar surface area (TPSA) is 41.6 Å². The monoisotopic (exact) mass is 293 g/mol. The Labute approximate surface area is 131 Å². The highest BCUT2D eigenvalue weighted by Crippen LogP contribution is 2.29. The second-order valence-electron chi connectivity index (χ2n) is 7.21. The molecule has 0 aliphatic rings. The fourth-order valence-corrected chi connectivity index (χ4v) is 2.68. The summed E-state index contributed by atoms with van der Waals surface area (Å²) in [6, 6.07) is 10.7. The van der Waals surface area contributed by atoms with Crippen LogP contribution in [0.3, 0.4) is 0 Å². The van der Waals surface area contributed by atoms with Gasteiger partial charge in [0, 0.05) is 17.0 Å². The molecule has 3 aromatic rings. The van der Waals surface area contributed by atoms with Gasteiger partial charge in [-0.1, -0.05) is 52.8 Å². The summed E-state index contributed by atoms with van der Waals surface area (Å²) in [7, 11) is 0. The van der Waals surface area contributed by atoms with Gasteiger partial charge in [-0.15, -0.1) is 0 Å². The molecule has 3 heteroatoms. The van der Waals surface area contributed by atoms with Crippen LogP contribution >= 0.6 is 0 Å². The number of benzene rings is 1. The van der Waals surface area contributed by atoms with Crippen molar-refractivity contribution in [3.05, 3.63) is 47.8 Å². The summed E-state index contributed by atoms with van der Waals surface area (Å²) in [5.41, 5.74) is 4.38. The molecule has 0 bridgehead atoms. The quantitative estimate of drug-likeness (QED) is 0.718. The van der Waals surface area contributed by atoms with Crippen LogP contribution in [0.15, 0.2) is 36.5 Å². The van der Waals surface area contributed by atoms with Gasteiger partial charge in [0.25, 0.3) is 0 Å². The molecule has 114 valence electrons. The summed E-state index contributed by atoms with van der Waals surface area (Å²) < 4.78 is 0. The predicted octanol–water partition coefficient (Wildman–Crippen LogP) is 5.05. The zero-order valence-electron chi connectivity index (χ0n) is 13.9. The molecule has 3 nitrogen and oxygen atoms in total. The van der Waals surface area contributed by atoms with E-state index in [1.807, 2.05) is 6.20 Å². The number of pyridine rings is 1. The maximum absolute atomic E-state index is 4.60. The molecule has 1 N–H and O–H groups in total. The first-order valence-corrected chi connectivity index (χ1v) is 7.81. The van der Waals surface area contributed by atoms with E-state index in [4.69, 9.17) is 0 Å². The third-order valence-electron chi connectivity index (χ3n) is 4.04. The van der Waals surface area contributed by atoms with Crippen LogP contribution in [0.25, 0.3) is 22.2 Å². The van der Waals surface area contributed by atoms with Crippen molar-refractivity contribution in [2.75, 3.05) is 0 Å². The number of hydrogen-bond donors (Lipinski definition) is 1. The smallest absolute Gasteiger partial charge is 0.0886 e. The second kappa shape index (κ2) is 5.24. The molecule has 0 saturated carbocycles. The Bertz CT molecular complexity index is 807. The van der Waals surface area contributed by atoms with Crippen LogP contribution in [0, 0.1) is 0 Å². The van der Waals surface area contributed by atoms with Crippen molar-refractivity contribution >= 4 is 10.8 Å². The van der Waals surface area contributed by atoms with Crippen molar-refractivity contribution in [2.24, 2.45) is 0 Å². The van der Waals surface area contributed by atoms with Crippen LogP contribution < -0.4 is 0 Å². The molecular weight excluding hydrogens is 270 g/mol. The van der Waals surface area contributed by atoms with Gasteiger partial charge in [-0.2, -0.15) is 5.10 Å². The van der Waals surface area contributed by atoms with Gasteiger partial charge in [-0.25, -0.2) is 0 Å². The molecule has 1 aromatic carbocycles. The average Bonchev–Trinajstić information content (AvgIpc) is 2.95. The molecular formula is C19H23N3. The van der Waals surface area contributed by atoms with E-state index < -0.39 is 0 Å². The zero-order chi connectivity index (χ0) is 15.9. The fraction of sp³-hybridized carbons (Fsp3) is 0.368. The number of fused-ring (bicyclic) bond motifs is 1. The number of aromatic amines is 1. The Kier molecular flexibility index (Phi) is 3.51. The highest BCUT2D eigenvalue weighted by molar-refractivity contribution is 5.88. The van der Waals surface area contributed by atoms with Crippen LogP contribution in [0.4, 0.5) is 0 Å². The molecule has 2 heterocycles. The summed E-state index contributed by atoms with van der Waals surface area (Å²) in [6.07, 6.45) is 1.95. The fourth-order valence-electron chi connectivity index (χ4n) is 2.68. The van der Waals surface area contributed by atoms with Gasteiger partial charge in [-0.05, 0) is 29.0 Å². The van der Waals surface area contributed by atoms with E-state index in [0.29, 0.717) is 5.92 Å². The van der Waals surface area contributed by atoms with E-state index in [2.05, 4.69) is 80.1 Å². The van der Waals surface area contributed by atoms with E-state index in [-0.39, 0.29) is 5.41 Å².